The molecule has 0 bridgehead atoms. The van der Waals surface area contributed by atoms with E-state index in [4.69, 9.17) is 16.3 Å². The third-order valence-electron chi connectivity index (χ3n) is 4.02. The highest BCUT2D eigenvalue weighted by molar-refractivity contribution is 6.33. The zero-order valence-corrected chi connectivity index (χ0v) is 14.1. The van der Waals surface area contributed by atoms with E-state index in [1.165, 1.54) is 0 Å². The van der Waals surface area contributed by atoms with Gasteiger partial charge < -0.3 is 9.30 Å². The normalized spacial score (nSPS) is 22.0. The molecule has 2 heterocycles. The van der Waals surface area contributed by atoms with E-state index in [0.717, 1.165) is 30.9 Å². The van der Waals surface area contributed by atoms with E-state index in [9.17, 15) is 5.26 Å². The van der Waals surface area contributed by atoms with E-state index in [0.29, 0.717) is 10.6 Å². The first-order valence-corrected chi connectivity index (χ1v) is 8.17. The number of aromatic nitrogens is 1. The molecule has 0 saturated carbocycles. The summed E-state index contributed by atoms with van der Waals surface area (Å²) in [5.41, 5.74) is 2.42. The molecule has 0 amide bonds. The van der Waals surface area contributed by atoms with Gasteiger partial charge in [0.15, 0.2) is 0 Å². The molecular formula is C18H20ClN3O. The topological polar surface area (TPSA) is 41.2 Å². The SMILES string of the molecule is CC1CN(Cn2cc(C#N)c(-c3ccccc3Cl)c2)CC(C)O1. The second kappa shape index (κ2) is 6.76. The summed E-state index contributed by atoms with van der Waals surface area (Å²) in [5, 5.41) is 10.1. The zero-order valence-electron chi connectivity index (χ0n) is 13.4. The van der Waals surface area contributed by atoms with Crippen LogP contribution in [-0.4, -0.2) is 34.8 Å². The van der Waals surface area contributed by atoms with E-state index in [1.54, 1.807) is 0 Å². The van der Waals surface area contributed by atoms with Gasteiger partial charge in [-0.3, -0.25) is 4.90 Å². The van der Waals surface area contributed by atoms with Crippen molar-refractivity contribution in [3.8, 4) is 17.2 Å². The lowest BCUT2D eigenvalue weighted by Gasteiger charge is -2.35. The Kier molecular flexibility index (Phi) is 4.72. The van der Waals surface area contributed by atoms with Gasteiger partial charge in [0.05, 0.1) is 24.4 Å². The molecule has 0 N–H and O–H groups in total. The van der Waals surface area contributed by atoms with Crippen LogP contribution in [0.1, 0.15) is 19.4 Å². The minimum Gasteiger partial charge on any atom is -0.373 e. The van der Waals surface area contributed by atoms with Crippen molar-refractivity contribution in [2.24, 2.45) is 0 Å². The molecule has 0 radical (unpaired) electrons. The monoisotopic (exact) mass is 329 g/mol. The molecule has 0 aliphatic carbocycles. The maximum Gasteiger partial charge on any atom is 0.101 e. The summed E-state index contributed by atoms with van der Waals surface area (Å²) in [6.45, 7) is 6.72. The van der Waals surface area contributed by atoms with Crippen molar-refractivity contribution in [3.63, 3.8) is 0 Å². The predicted octanol–water partition coefficient (Wildman–Crippen LogP) is 3.75. The van der Waals surface area contributed by atoms with Crippen molar-refractivity contribution in [2.45, 2.75) is 32.7 Å². The summed E-state index contributed by atoms with van der Waals surface area (Å²) in [5.74, 6) is 0. The van der Waals surface area contributed by atoms with Gasteiger partial charge in [-0.2, -0.15) is 5.26 Å². The van der Waals surface area contributed by atoms with Crippen molar-refractivity contribution < 1.29 is 4.74 Å². The molecule has 3 rings (SSSR count). The maximum absolute atomic E-state index is 9.43. The fourth-order valence-corrected chi connectivity index (χ4v) is 3.44. The van der Waals surface area contributed by atoms with Crippen LogP contribution in [0.4, 0.5) is 0 Å². The average Bonchev–Trinajstić information content (AvgIpc) is 2.89. The summed E-state index contributed by atoms with van der Waals surface area (Å²) < 4.78 is 7.83. The number of benzene rings is 1. The fraction of sp³-hybridized carbons (Fsp3) is 0.389. The lowest BCUT2D eigenvalue weighted by atomic mass is 10.1. The minimum atomic E-state index is 0.229. The van der Waals surface area contributed by atoms with Crippen LogP contribution >= 0.6 is 11.6 Å². The Morgan fingerprint density at radius 2 is 1.87 bits per heavy atom. The Morgan fingerprint density at radius 3 is 2.52 bits per heavy atom. The molecule has 1 aromatic heterocycles. The number of rotatable bonds is 3. The maximum atomic E-state index is 9.43. The summed E-state index contributed by atoms with van der Waals surface area (Å²) in [4.78, 5) is 2.34. The third kappa shape index (κ3) is 3.59. The summed E-state index contributed by atoms with van der Waals surface area (Å²) in [6, 6.07) is 9.90. The number of hydrogen-bond donors (Lipinski definition) is 0. The highest BCUT2D eigenvalue weighted by Crippen LogP contribution is 2.31. The van der Waals surface area contributed by atoms with Gasteiger partial charge in [-0.05, 0) is 19.9 Å². The Labute approximate surface area is 141 Å². The molecule has 23 heavy (non-hydrogen) atoms. The molecule has 1 fully saturated rings. The lowest BCUT2D eigenvalue weighted by molar-refractivity contribution is -0.0764. The van der Waals surface area contributed by atoms with Crippen molar-refractivity contribution in [3.05, 3.63) is 47.2 Å². The third-order valence-corrected chi connectivity index (χ3v) is 4.35. The highest BCUT2D eigenvalue weighted by Gasteiger charge is 2.22. The quantitative estimate of drug-likeness (QED) is 0.861. The molecule has 120 valence electrons. The number of halogens is 1. The van der Waals surface area contributed by atoms with Gasteiger partial charge >= 0.3 is 0 Å². The van der Waals surface area contributed by atoms with Crippen LogP contribution in [0.3, 0.4) is 0 Å². The standard InChI is InChI=1S/C18H20ClN3O/c1-13-8-21(9-14(2)23-13)12-22-10-15(7-20)17(11-22)16-5-3-4-6-18(16)19/h3-6,10-11,13-14H,8-9,12H2,1-2H3. The van der Waals surface area contributed by atoms with Crippen LogP contribution in [0.5, 0.6) is 0 Å². The zero-order chi connectivity index (χ0) is 16.4. The second-order valence-corrected chi connectivity index (χ2v) is 6.53. The number of hydrogen-bond acceptors (Lipinski definition) is 3. The summed E-state index contributed by atoms with van der Waals surface area (Å²) in [7, 11) is 0. The Morgan fingerprint density at radius 1 is 1.17 bits per heavy atom. The van der Waals surface area contributed by atoms with Crippen molar-refractivity contribution in [1.82, 2.24) is 9.47 Å². The first kappa shape index (κ1) is 16.1. The van der Waals surface area contributed by atoms with Crippen LogP contribution < -0.4 is 0 Å². The lowest BCUT2D eigenvalue weighted by Crippen LogP contribution is -2.45. The van der Waals surface area contributed by atoms with Gasteiger partial charge in [0.25, 0.3) is 0 Å². The van der Waals surface area contributed by atoms with Crippen LogP contribution in [0, 0.1) is 11.3 Å². The Hall–Kier alpha value is -1.80. The first-order chi connectivity index (χ1) is 11.1. The van der Waals surface area contributed by atoms with E-state index in [1.807, 2.05) is 36.7 Å². The molecule has 1 saturated heterocycles. The molecule has 0 spiro atoms. The Balaban J connectivity index is 1.85. The molecule has 1 aliphatic heterocycles. The fourth-order valence-electron chi connectivity index (χ4n) is 3.20. The molecule has 1 aromatic carbocycles. The average molecular weight is 330 g/mol. The van der Waals surface area contributed by atoms with Crippen LogP contribution in [0.15, 0.2) is 36.7 Å². The first-order valence-electron chi connectivity index (χ1n) is 7.79. The van der Waals surface area contributed by atoms with Gasteiger partial charge in [0.2, 0.25) is 0 Å². The van der Waals surface area contributed by atoms with Crippen molar-refractivity contribution in [2.75, 3.05) is 13.1 Å². The number of ether oxygens (including phenoxy) is 1. The van der Waals surface area contributed by atoms with Crippen LogP contribution in [0.25, 0.3) is 11.1 Å². The number of nitrogens with zero attached hydrogens (tertiary/aromatic N) is 3. The van der Waals surface area contributed by atoms with Gasteiger partial charge in [-0.1, -0.05) is 29.8 Å². The van der Waals surface area contributed by atoms with Gasteiger partial charge in [-0.25, -0.2) is 0 Å². The van der Waals surface area contributed by atoms with Gasteiger partial charge in [-0.15, -0.1) is 0 Å². The minimum absolute atomic E-state index is 0.229. The summed E-state index contributed by atoms with van der Waals surface area (Å²) in [6.07, 6.45) is 4.36. The number of morpholine rings is 1. The van der Waals surface area contributed by atoms with Crippen LogP contribution in [-0.2, 0) is 11.4 Å². The molecule has 1 aliphatic rings. The van der Waals surface area contributed by atoms with Crippen molar-refractivity contribution in [1.29, 1.82) is 5.26 Å². The van der Waals surface area contributed by atoms with Gasteiger partial charge in [0.1, 0.15) is 6.07 Å². The summed E-state index contributed by atoms with van der Waals surface area (Å²) >= 11 is 6.28. The van der Waals surface area contributed by atoms with Gasteiger partial charge in [0, 0.05) is 41.6 Å². The highest BCUT2D eigenvalue weighted by atomic mass is 35.5. The smallest absolute Gasteiger partial charge is 0.101 e. The van der Waals surface area contributed by atoms with E-state index < -0.39 is 0 Å². The molecular weight excluding hydrogens is 310 g/mol. The van der Waals surface area contributed by atoms with E-state index >= 15 is 0 Å². The molecule has 2 unspecified atom stereocenters. The Bertz CT molecular complexity index is 724. The second-order valence-electron chi connectivity index (χ2n) is 6.13. The van der Waals surface area contributed by atoms with Crippen molar-refractivity contribution >= 4 is 11.6 Å². The predicted molar refractivity (Wildman–Crippen MR) is 91.2 cm³/mol. The number of nitriles is 1. The van der Waals surface area contributed by atoms with E-state index in [2.05, 4.69) is 29.4 Å². The van der Waals surface area contributed by atoms with E-state index in [-0.39, 0.29) is 12.2 Å². The molecule has 2 aromatic rings. The van der Waals surface area contributed by atoms with Crippen LogP contribution in [0.2, 0.25) is 5.02 Å². The molecule has 5 heteroatoms. The largest absolute Gasteiger partial charge is 0.373 e. The molecule has 2 atom stereocenters. The molecule has 4 nitrogen and oxygen atoms in total.